The van der Waals surface area contributed by atoms with Crippen molar-refractivity contribution in [2.75, 3.05) is 7.11 Å². The zero-order valence-corrected chi connectivity index (χ0v) is 6.76. The van der Waals surface area contributed by atoms with Crippen LogP contribution in [0.4, 0.5) is 0 Å². The van der Waals surface area contributed by atoms with Gasteiger partial charge in [0, 0.05) is 6.92 Å². The maximum atomic E-state index is 9.59. The summed E-state index contributed by atoms with van der Waals surface area (Å²) in [5, 5.41) is 0. The molecule has 0 aliphatic heterocycles. The molecule has 58 valence electrons. The first-order valence-corrected chi connectivity index (χ1v) is 2.97. The molecule has 0 aromatic heterocycles. The van der Waals surface area contributed by atoms with Gasteiger partial charge in [0.25, 0.3) is 0 Å². The number of esters is 1. The summed E-state index contributed by atoms with van der Waals surface area (Å²) in [6, 6.07) is 0. The molecule has 0 spiro atoms. The van der Waals surface area contributed by atoms with E-state index in [0.29, 0.717) is 0 Å². The van der Waals surface area contributed by atoms with Gasteiger partial charge in [-0.25, -0.2) is 0 Å². The van der Waals surface area contributed by atoms with Gasteiger partial charge in [-0.3, -0.25) is 4.79 Å². The van der Waals surface area contributed by atoms with Gasteiger partial charge < -0.3 is 4.74 Å². The number of carbonyl (C=O) groups excluding carboxylic acids is 1. The lowest BCUT2D eigenvalue weighted by atomic mass is 10.5. The lowest BCUT2D eigenvalue weighted by Gasteiger charge is -1.80. The zero-order chi connectivity index (χ0) is 8.41. The fourth-order valence-electron chi connectivity index (χ4n) is 0.136. The Morgan fingerprint density at radius 3 is 2.00 bits per heavy atom. The average molecular weight is 142 g/mol. The summed E-state index contributed by atoms with van der Waals surface area (Å²) < 4.78 is 4.11. The van der Waals surface area contributed by atoms with E-state index in [4.69, 9.17) is 0 Å². The van der Waals surface area contributed by atoms with Crippen LogP contribution in [0, 0.1) is 0 Å². The van der Waals surface area contributed by atoms with Gasteiger partial charge in [0.2, 0.25) is 0 Å². The third-order valence-corrected chi connectivity index (χ3v) is 0.616. The molecule has 0 heterocycles. The maximum Gasteiger partial charge on any atom is 0.302 e. The highest BCUT2D eigenvalue weighted by atomic mass is 16.5. The van der Waals surface area contributed by atoms with E-state index in [1.54, 1.807) is 6.08 Å². The summed E-state index contributed by atoms with van der Waals surface area (Å²) in [5.74, 6) is -0.245. The lowest BCUT2D eigenvalue weighted by molar-refractivity contribution is -0.137. The van der Waals surface area contributed by atoms with Crippen molar-refractivity contribution in [2.45, 2.75) is 13.8 Å². The van der Waals surface area contributed by atoms with Gasteiger partial charge in [-0.1, -0.05) is 24.8 Å². The Morgan fingerprint density at radius 1 is 1.60 bits per heavy atom. The van der Waals surface area contributed by atoms with Crippen molar-refractivity contribution in [3.8, 4) is 0 Å². The summed E-state index contributed by atoms with van der Waals surface area (Å²) in [4.78, 5) is 9.59. The van der Waals surface area contributed by atoms with Gasteiger partial charge in [0.05, 0.1) is 7.11 Å². The second-order valence-electron chi connectivity index (χ2n) is 1.46. The van der Waals surface area contributed by atoms with E-state index in [9.17, 15) is 4.79 Å². The Kier molecular flexibility index (Phi) is 12.7. The highest BCUT2D eigenvalue weighted by Gasteiger charge is 1.75. The second kappa shape index (κ2) is 10.8. The van der Waals surface area contributed by atoms with E-state index < -0.39 is 0 Å². The molecule has 0 aromatic carbocycles. The molecule has 0 N–H and O–H groups in total. The fraction of sp³-hybridized carbons (Fsp3) is 0.375. The molecule has 2 nitrogen and oxygen atoms in total. The van der Waals surface area contributed by atoms with Crippen molar-refractivity contribution >= 4 is 5.97 Å². The van der Waals surface area contributed by atoms with Crippen molar-refractivity contribution in [3.05, 3.63) is 24.8 Å². The van der Waals surface area contributed by atoms with Crippen LogP contribution in [0.2, 0.25) is 0 Å². The summed E-state index contributed by atoms with van der Waals surface area (Å²) in [6.45, 7) is 6.78. The molecule has 10 heavy (non-hydrogen) atoms. The summed E-state index contributed by atoms with van der Waals surface area (Å²) >= 11 is 0. The van der Waals surface area contributed by atoms with Crippen LogP contribution in [0.3, 0.4) is 0 Å². The number of allylic oxidation sites excluding steroid dienone is 3. The van der Waals surface area contributed by atoms with Crippen LogP contribution in [0.5, 0.6) is 0 Å². The Hall–Kier alpha value is -1.05. The van der Waals surface area contributed by atoms with E-state index in [-0.39, 0.29) is 5.97 Å². The first-order chi connectivity index (χ1) is 4.68. The van der Waals surface area contributed by atoms with Gasteiger partial charge in [0.1, 0.15) is 0 Å². The molecule has 0 unspecified atom stereocenters. The van der Waals surface area contributed by atoms with E-state index in [0.717, 1.165) is 0 Å². The predicted octanol–water partition coefficient (Wildman–Crippen LogP) is 1.93. The smallest absolute Gasteiger partial charge is 0.302 e. The maximum absolute atomic E-state index is 9.59. The Labute approximate surface area is 62.2 Å². The average Bonchev–Trinajstić information content (AvgIpc) is 1.91. The number of carbonyl (C=O) groups is 1. The van der Waals surface area contributed by atoms with E-state index in [2.05, 4.69) is 11.3 Å². The topological polar surface area (TPSA) is 26.3 Å². The molecule has 0 aliphatic carbocycles. The SMILES string of the molecule is C=CC=CC.COC(C)=O. The Balaban J connectivity index is 0. The number of hydrogen-bond acceptors (Lipinski definition) is 2. The minimum atomic E-state index is -0.245. The zero-order valence-electron chi connectivity index (χ0n) is 6.76. The third-order valence-electron chi connectivity index (χ3n) is 0.616. The third kappa shape index (κ3) is 28.3. The molecule has 0 amide bonds. The molecule has 0 bridgehead atoms. The van der Waals surface area contributed by atoms with Crippen molar-refractivity contribution in [3.63, 3.8) is 0 Å². The van der Waals surface area contributed by atoms with Gasteiger partial charge in [-0.15, -0.1) is 0 Å². The highest BCUT2D eigenvalue weighted by Crippen LogP contribution is 1.64. The molecular weight excluding hydrogens is 128 g/mol. The van der Waals surface area contributed by atoms with Crippen molar-refractivity contribution in [2.24, 2.45) is 0 Å². The number of rotatable bonds is 1. The monoisotopic (exact) mass is 142 g/mol. The lowest BCUT2D eigenvalue weighted by Crippen LogP contribution is -1.88. The highest BCUT2D eigenvalue weighted by molar-refractivity contribution is 5.65. The first kappa shape index (κ1) is 11.7. The molecule has 0 atom stereocenters. The second-order valence-corrected chi connectivity index (χ2v) is 1.46. The van der Waals surface area contributed by atoms with Gasteiger partial charge in [-0.05, 0) is 6.92 Å². The van der Waals surface area contributed by atoms with Crippen molar-refractivity contribution < 1.29 is 9.53 Å². The molecule has 0 saturated heterocycles. The van der Waals surface area contributed by atoms with Crippen LogP contribution in [0.15, 0.2) is 24.8 Å². The van der Waals surface area contributed by atoms with Crippen LogP contribution < -0.4 is 0 Å². The minimum absolute atomic E-state index is 0.245. The summed E-state index contributed by atoms with van der Waals surface area (Å²) in [6.07, 6.45) is 5.58. The fourth-order valence-corrected chi connectivity index (χ4v) is 0.136. The summed E-state index contributed by atoms with van der Waals surface area (Å²) in [7, 11) is 1.35. The predicted molar refractivity (Wildman–Crippen MR) is 42.7 cm³/mol. The quantitative estimate of drug-likeness (QED) is 0.413. The van der Waals surface area contributed by atoms with Gasteiger partial charge >= 0.3 is 5.97 Å². The van der Waals surface area contributed by atoms with Crippen molar-refractivity contribution in [1.29, 1.82) is 0 Å². The van der Waals surface area contributed by atoms with E-state index in [1.165, 1.54) is 14.0 Å². The summed E-state index contributed by atoms with van der Waals surface area (Å²) in [5.41, 5.74) is 0. The normalized spacial score (nSPS) is 7.90. The van der Waals surface area contributed by atoms with Crippen LogP contribution in [-0.2, 0) is 9.53 Å². The Bertz CT molecular complexity index is 114. The van der Waals surface area contributed by atoms with Crippen LogP contribution in [0.1, 0.15) is 13.8 Å². The van der Waals surface area contributed by atoms with Crippen LogP contribution in [0.25, 0.3) is 0 Å². The molecule has 0 radical (unpaired) electrons. The molecule has 0 fully saturated rings. The molecule has 2 heteroatoms. The largest absolute Gasteiger partial charge is 0.469 e. The molecule has 0 aliphatic rings. The molecule has 0 rings (SSSR count). The van der Waals surface area contributed by atoms with E-state index >= 15 is 0 Å². The number of methoxy groups -OCH3 is 1. The van der Waals surface area contributed by atoms with Crippen molar-refractivity contribution in [1.82, 2.24) is 0 Å². The van der Waals surface area contributed by atoms with Crippen LogP contribution in [-0.4, -0.2) is 13.1 Å². The van der Waals surface area contributed by atoms with E-state index in [1.807, 2.05) is 19.1 Å². The minimum Gasteiger partial charge on any atom is -0.469 e. The Morgan fingerprint density at radius 2 is 2.00 bits per heavy atom. The van der Waals surface area contributed by atoms with Gasteiger partial charge in [-0.2, -0.15) is 0 Å². The van der Waals surface area contributed by atoms with Gasteiger partial charge in [0.15, 0.2) is 0 Å². The standard InChI is InChI=1S/C5H8.C3H6O2/c1-3-5-4-2;1-3(4)5-2/h3-5H,1H2,2H3;1-2H3. The number of ether oxygens (including phenoxy) is 1. The van der Waals surface area contributed by atoms with Crippen LogP contribution >= 0.6 is 0 Å². The molecule has 0 saturated carbocycles. The molecule has 0 aromatic rings. The first-order valence-electron chi connectivity index (χ1n) is 2.97. The molecular formula is C8H14O2. The number of hydrogen-bond donors (Lipinski definition) is 0.